The van der Waals surface area contributed by atoms with Crippen LogP contribution >= 0.6 is 0 Å². The Bertz CT molecular complexity index is 1340. The maximum absolute atomic E-state index is 13.1. The molecule has 2 atom stereocenters. The number of ether oxygens (including phenoxy) is 1. The number of hydrogen-bond acceptors (Lipinski definition) is 3. The van der Waals surface area contributed by atoms with Crippen LogP contribution in [0.5, 0.6) is 5.75 Å². The summed E-state index contributed by atoms with van der Waals surface area (Å²) in [7, 11) is 0. The van der Waals surface area contributed by atoms with Crippen LogP contribution in [-0.2, 0) is 16.8 Å². The third-order valence-electron chi connectivity index (χ3n) is 7.26. The van der Waals surface area contributed by atoms with E-state index in [4.69, 9.17) is 9.72 Å². The lowest BCUT2D eigenvalue weighted by molar-refractivity contribution is -0.129. The number of carbonyl (C=O) groups is 1. The summed E-state index contributed by atoms with van der Waals surface area (Å²) in [4.78, 5) is 20.0. The number of benzene rings is 3. The fourth-order valence-electron chi connectivity index (χ4n) is 5.14. The van der Waals surface area contributed by atoms with Crippen molar-refractivity contribution in [1.29, 1.82) is 0 Å². The monoisotopic (exact) mass is 481 g/mol. The van der Waals surface area contributed by atoms with Gasteiger partial charge in [-0.2, -0.15) is 0 Å². The molecule has 36 heavy (non-hydrogen) atoms. The number of carbonyl (C=O) groups excluding carboxylic acids is 1. The Hall–Kier alpha value is -3.60. The van der Waals surface area contributed by atoms with Gasteiger partial charge in [-0.3, -0.25) is 4.79 Å². The number of hydrogen-bond donors (Lipinski definition) is 0. The maximum atomic E-state index is 13.1. The molecule has 1 amide bonds. The third kappa shape index (κ3) is 4.88. The molecule has 0 N–H and O–H groups in total. The number of rotatable bonds is 7. The van der Waals surface area contributed by atoms with E-state index in [0.29, 0.717) is 26.1 Å². The molecule has 2 heterocycles. The molecule has 2 unspecified atom stereocenters. The first kappa shape index (κ1) is 24.1. The van der Waals surface area contributed by atoms with Gasteiger partial charge in [-0.05, 0) is 47.7 Å². The molecule has 0 saturated carbocycles. The Morgan fingerprint density at radius 2 is 1.67 bits per heavy atom. The van der Waals surface area contributed by atoms with E-state index in [1.165, 1.54) is 5.56 Å². The SMILES string of the molecule is CC(c1ccccc1)N1CC(c2nc3ccccc3n2CCOc2ccc(C(C)(C)C)cc2)CC1=O. The average molecular weight is 482 g/mol. The predicted molar refractivity (Wildman–Crippen MR) is 144 cm³/mol. The first-order valence-electron chi connectivity index (χ1n) is 12.8. The van der Waals surface area contributed by atoms with E-state index in [0.717, 1.165) is 28.2 Å². The van der Waals surface area contributed by atoms with Crippen LogP contribution in [0.25, 0.3) is 11.0 Å². The summed E-state index contributed by atoms with van der Waals surface area (Å²) < 4.78 is 8.37. The van der Waals surface area contributed by atoms with Gasteiger partial charge < -0.3 is 14.2 Å². The van der Waals surface area contributed by atoms with E-state index in [1.54, 1.807) is 0 Å². The highest BCUT2D eigenvalue weighted by Crippen LogP contribution is 2.35. The number of likely N-dealkylation sites (tertiary alicyclic amines) is 1. The van der Waals surface area contributed by atoms with Crippen molar-refractivity contribution < 1.29 is 9.53 Å². The van der Waals surface area contributed by atoms with Crippen LogP contribution in [-0.4, -0.2) is 33.5 Å². The number of imidazole rings is 1. The lowest BCUT2D eigenvalue weighted by Gasteiger charge is -2.25. The molecule has 0 spiro atoms. The molecule has 0 bridgehead atoms. The van der Waals surface area contributed by atoms with E-state index in [9.17, 15) is 4.79 Å². The van der Waals surface area contributed by atoms with Crippen LogP contribution in [0.2, 0.25) is 0 Å². The highest BCUT2D eigenvalue weighted by atomic mass is 16.5. The Labute approximate surface area is 213 Å². The number of aromatic nitrogens is 2. The molecule has 5 heteroatoms. The van der Waals surface area contributed by atoms with Crippen molar-refractivity contribution in [2.24, 2.45) is 0 Å². The fourth-order valence-corrected chi connectivity index (χ4v) is 5.14. The summed E-state index contributed by atoms with van der Waals surface area (Å²) in [5, 5.41) is 0. The van der Waals surface area contributed by atoms with Gasteiger partial charge in [-0.25, -0.2) is 4.98 Å². The van der Waals surface area contributed by atoms with Crippen molar-refractivity contribution >= 4 is 16.9 Å². The number of amides is 1. The van der Waals surface area contributed by atoms with E-state index in [2.05, 4.69) is 62.6 Å². The van der Waals surface area contributed by atoms with Crippen LogP contribution in [0.3, 0.4) is 0 Å². The molecule has 5 nitrogen and oxygen atoms in total. The Morgan fingerprint density at radius 1 is 0.972 bits per heavy atom. The van der Waals surface area contributed by atoms with E-state index >= 15 is 0 Å². The fraction of sp³-hybridized carbons (Fsp3) is 0.355. The van der Waals surface area contributed by atoms with Crippen molar-refractivity contribution in [1.82, 2.24) is 14.5 Å². The second kappa shape index (κ2) is 9.81. The molecule has 1 aliphatic rings. The minimum atomic E-state index is 0.0425. The molecular formula is C31H35N3O2. The summed E-state index contributed by atoms with van der Waals surface area (Å²) in [6.07, 6.45) is 0.482. The van der Waals surface area contributed by atoms with Gasteiger partial charge in [0.15, 0.2) is 0 Å². The standard InChI is InChI=1S/C31H35N3O2/c1-22(23-10-6-5-7-11-23)34-21-24(20-29(34)35)30-32-27-12-8-9-13-28(27)33(30)18-19-36-26-16-14-25(15-17-26)31(2,3)4/h5-17,22,24H,18-21H2,1-4H3. The number of para-hydroxylation sites is 2. The highest BCUT2D eigenvalue weighted by molar-refractivity contribution is 5.81. The zero-order chi connectivity index (χ0) is 25.3. The summed E-state index contributed by atoms with van der Waals surface area (Å²) in [5.74, 6) is 2.08. The first-order chi connectivity index (χ1) is 17.3. The third-order valence-corrected chi connectivity index (χ3v) is 7.26. The van der Waals surface area contributed by atoms with E-state index in [1.807, 2.05) is 53.4 Å². The molecule has 0 radical (unpaired) electrons. The van der Waals surface area contributed by atoms with Gasteiger partial charge in [0.2, 0.25) is 5.91 Å². The summed E-state index contributed by atoms with van der Waals surface area (Å²) in [6.45, 7) is 10.6. The van der Waals surface area contributed by atoms with Crippen LogP contribution in [0.1, 0.15) is 63.0 Å². The molecular weight excluding hydrogens is 446 g/mol. The molecule has 5 rings (SSSR count). The zero-order valence-electron chi connectivity index (χ0n) is 21.6. The lowest BCUT2D eigenvalue weighted by Crippen LogP contribution is -2.28. The molecule has 0 aliphatic carbocycles. The van der Waals surface area contributed by atoms with Gasteiger partial charge in [0, 0.05) is 18.9 Å². The van der Waals surface area contributed by atoms with Crippen molar-refractivity contribution in [3.8, 4) is 5.75 Å². The molecule has 1 aliphatic heterocycles. The topological polar surface area (TPSA) is 47.4 Å². The van der Waals surface area contributed by atoms with Gasteiger partial charge in [0.05, 0.1) is 23.6 Å². The Kier molecular flexibility index (Phi) is 6.57. The average Bonchev–Trinajstić information content (AvgIpc) is 3.44. The minimum Gasteiger partial charge on any atom is -0.492 e. The molecule has 3 aromatic carbocycles. The molecule has 1 aromatic heterocycles. The molecule has 1 fully saturated rings. The van der Waals surface area contributed by atoms with Crippen molar-refractivity contribution in [3.63, 3.8) is 0 Å². The van der Waals surface area contributed by atoms with E-state index < -0.39 is 0 Å². The zero-order valence-corrected chi connectivity index (χ0v) is 21.6. The second-order valence-electron chi connectivity index (χ2n) is 10.8. The molecule has 4 aromatic rings. The van der Waals surface area contributed by atoms with Crippen LogP contribution in [0.4, 0.5) is 0 Å². The largest absolute Gasteiger partial charge is 0.492 e. The van der Waals surface area contributed by atoms with Crippen LogP contribution in [0, 0.1) is 0 Å². The molecule has 186 valence electrons. The number of nitrogens with zero attached hydrogens (tertiary/aromatic N) is 3. The normalized spacial score (nSPS) is 17.1. The van der Waals surface area contributed by atoms with Crippen molar-refractivity contribution in [2.45, 2.75) is 58.0 Å². The van der Waals surface area contributed by atoms with Crippen LogP contribution < -0.4 is 4.74 Å². The Balaban J connectivity index is 1.34. The summed E-state index contributed by atoms with van der Waals surface area (Å²) >= 11 is 0. The number of fused-ring (bicyclic) bond motifs is 1. The summed E-state index contributed by atoms with van der Waals surface area (Å²) in [5.41, 5.74) is 4.61. The van der Waals surface area contributed by atoms with Gasteiger partial charge >= 0.3 is 0 Å². The highest BCUT2D eigenvalue weighted by Gasteiger charge is 2.36. The van der Waals surface area contributed by atoms with Gasteiger partial charge in [-0.1, -0.05) is 75.4 Å². The van der Waals surface area contributed by atoms with E-state index in [-0.39, 0.29) is 23.3 Å². The minimum absolute atomic E-state index is 0.0425. The smallest absolute Gasteiger partial charge is 0.223 e. The van der Waals surface area contributed by atoms with Gasteiger partial charge in [-0.15, -0.1) is 0 Å². The van der Waals surface area contributed by atoms with Crippen molar-refractivity contribution in [2.75, 3.05) is 13.2 Å². The van der Waals surface area contributed by atoms with Gasteiger partial charge in [0.25, 0.3) is 0 Å². The quantitative estimate of drug-likeness (QED) is 0.303. The van der Waals surface area contributed by atoms with Crippen molar-refractivity contribution in [3.05, 3.63) is 95.8 Å². The van der Waals surface area contributed by atoms with Crippen LogP contribution in [0.15, 0.2) is 78.9 Å². The van der Waals surface area contributed by atoms with Gasteiger partial charge in [0.1, 0.15) is 18.2 Å². The molecule has 1 saturated heterocycles. The first-order valence-corrected chi connectivity index (χ1v) is 12.8. The Morgan fingerprint density at radius 3 is 2.39 bits per heavy atom. The summed E-state index contributed by atoms with van der Waals surface area (Å²) in [6, 6.07) is 26.9. The maximum Gasteiger partial charge on any atom is 0.223 e. The lowest BCUT2D eigenvalue weighted by atomic mass is 9.87. The predicted octanol–water partition coefficient (Wildman–Crippen LogP) is 6.49. The second-order valence-corrected chi connectivity index (χ2v) is 10.8.